The van der Waals surface area contributed by atoms with Crippen molar-refractivity contribution in [1.29, 1.82) is 0 Å². The van der Waals surface area contributed by atoms with Crippen LogP contribution >= 0.6 is 0 Å². The molecule has 6 nitrogen and oxygen atoms in total. The highest BCUT2D eigenvalue weighted by molar-refractivity contribution is 5.81. The van der Waals surface area contributed by atoms with E-state index >= 15 is 0 Å². The van der Waals surface area contributed by atoms with Gasteiger partial charge in [-0.25, -0.2) is 0 Å². The van der Waals surface area contributed by atoms with Crippen LogP contribution in [0, 0.1) is 5.41 Å². The van der Waals surface area contributed by atoms with E-state index in [9.17, 15) is 9.59 Å². The molecule has 1 aliphatic heterocycles. The minimum atomic E-state index is -0.352. The molecular weight excluding hydrogens is 342 g/mol. The van der Waals surface area contributed by atoms with Crippen LogP contribution in [0.3, 0.4) is 0 Å². The van der Waals surface area contributed by atoms with E-state index < -0.39 is 0 Å². The molecule has 0 saturated carbocycles. The minimum absolute atomic E-state index is 0.00507. The SMILES string of the molecule is CCCOc1cccc(CNC(=O)CN2CCN(C(=O)C(C)(C)C)CC2)c1. The van der Waals surface area contributed by atoms with E-state index in [1.54, 1.807) is 0 Å². The molecule has 1 N–H and O–H groups in total. The third-order valence-corrected chi connectivity index (χ3v) is 4.53. The minimum Gasteiger partial charge on any atom is -0.494 e. The highest BCUT2D eigenvalue weighted by atomic mass is 16.5. The average molecular weight is 376 g/mol. The molecule has 1 saturated heterocycles. The summed E-state index contributed by atoms with van der Waals surface area (Å²) >= 11 is 0. The number of ether oxygens (including phenoxy) is 1. The fraction of sp³-hybridized carbons (Fsp3) is 0.619. The molecule has 150 valence electrons. The topological polar surface area (TPSA) is 61.9 Å². The quantitative estimate of drug-likeness (QED) is 0.794. The van der Waals surface area contributed by atoms with Gasteiger partial charge in [-0.1, -0.05) is 39.8 Å². The molecule has 2 amide bonds. The van der Waals surface area contributed by atoms with Gasteiger partial charge in [-0.15, -0.1) is 0 Å². The third-order valence-electron chi connectivity index (χ3n) is 4.53. The number of carbonyl (C=O) groups is 2. The molecule has 0 bridgehead atoms. The lowest BCUT2D eigenvalue weighted by molar-refractivity contribution is -0.141. The molecule has 1 fully saturated rings. The van der Waals surface area contributed by atoms with Gasteiger partial charge in [0.05, 0.1) is 13.2 Å². The molecule has 27 heavy (non-hydrogen) atoms. The Bertz CT molecular complexity index is 632. The smallest absolute Gasteiger partial charge is 0.234 e. The normalized spacial score (nSPS) is 15.5. The molecule has 6 heteroatoms. The van der Waals surface area contributed by atoms with Gasteiger partial charge in [0, 0.05) is 38.1 Å². The molecule has 0 unspecified atom stereocenters. The predicted octanol–water partition coefficient (Wildman–Crippen LogP) is 2.28. The molecule has 0 spiro atoms. The number of rotatable bonds is 7. The van der Waals surface area contributed by atoms with Crippen LogP contribution in [0.15, 0.2) is 24.3 Å². The van der Waals surface area contributed by atoms with Gasteiger partial charge in [0.25, 0.3) is 0 Å². The van der Waals surface area contributed by atoms with E-state index in [2.05, 4.69) is 17.1 Å². The van der Waals surface area contributed by atoms with Crippen molar-refractivity contribution in [3.05, 3.63) is 29.8 Å². The van der Waals surface area contributed by atoms with E-state index in [4.69, 9.17) is 4.74 Å². The summed E-state index contributed by atoms with van der Waals surface area (Å²) in [5.74, 6) is 1.02. The van der Waals surface area contributed by atoms with Crippen molar-refractivity contribution in [2.45, 2.75) is 40.7 Å². The summed E-state index contributed by atoms with van der Waals surface area (Å²) in [4.78, 5) is 28.6. The van der Waals surface area contributed by atoms with Gasteiger partial charge in [-0.2, -0.15) is 0 Å². The van der Waals surface area contributed by atoms with Gasteiger partial charge in [0.15, 0.2) is 0 Å². The molecule has 0 aromatic heterocycles. The first-order chi connectivity index (χ1) is 12.8. The van der Waals surface area contributed by atoms with Crippen molar-refractivity contribution >= 4 is 11.8 Å². The van der Waals surface area contributed by atoms with Gasteiger partial charge in [0.1, 0.15) is 5.75 Å². The van der Waals surface area contributed by atoms with Crippen LogP contribution in [0.25, 0.3) is 0 Å². The lowest BCUT2D eigenvalue weighted by atomic mass is 9.94. The first kappa shape index (κ1) is 21.2. The molecular formula is C21H33N3O3. The molecule has 1 aromatic carbocycles. The number of nitrogens with one attached hydrogen (secondary N) is 1. The van der Waals surface area contributed by atoms with Crippen molar-refractivity contribution < 1.29 is 14.3 Å². The summed E-state index contributed by atoms with van der Waals surface area (Å²) in [6.07, 6.45) is 0.968. The van der Waals surface area contributed by atoms with Crippen LogP contribution in [-0.4, -0.2) is 60.9 Å². The summed E-state index contributed by atoms with van der Waals surface area (Å²) in [6, 6.07) is 7.82. The Labute approximate surface area is 162 Å². The lowest BCUT2D eigenvalue weighted by Gasteiger charge is -2.37. The van der Waals surface area contributed by atoms with Crippen LogP contribution in [0.4, 0.5) is 0 Å². The van der Waals surface area contributed by atoms with Gasteiger partial charge in [0.2, 0.25) is 11.8 Å². The molecule has 1 aromatic rings. The van der Waals surface area contributed by atoms with E-state index in [1.807, 2.05) is 49.9 Å². The fourth-order valence-electron chi connectivity index (χ4n) is 3.01. The maximum Gasteiger partial charge on any atom is 0.234 e. The number of amides is 2. The van der Waals surface area contributed by atoms with E-state index in [0.717, 1.165) is 30.8 Å². The second-order valence-corrected chi connectivity index (χ2v) is 8.09. The zero-order chi connectivity index (χ0) is 19.9. The number of hydrogen-bond acceptors (Lipinski definition) is 4. The van der Waals surface area contributed by atoms with Gasteiger partial charge >= 0.3 is 0 Å². The van der Waals surface area contributed by atoms with Crippen LogP contribution in [-0.2, 0) is 16.1 Å². The number of piperazine rings is 1. The summed E-state index contributed by atoms with van der Waals surface area (Å²) in [5, 5.41) is 2.97. The Kier molecular flexibility index (Phi) is 7.66. The Morgan fingerprint density at radius 2 is 1.85 bits per heavy atom. The molecule has 1 aliphatic rings. The Balaban J connectivity index is 1.73. The Hall–Kier alpha value is -2.08. The number of nitrogens with zero attached hydrogens (tertiary/aromatic N) is 2. The van der Waals surface area contributed by atoms with Crippen molar-refractivity contribution in [2.75, 3.05) is 39.3 Å². The number of hydrogen-bond donors (Lipinski definition) is 1. The van der Waals surface area contributed by atoms with Crippen LogP contribution in [0.1, 0.15) is 39.7 Å². The zero-order valence-electron chi connectivity index (χ0n) is 17.1. The van der Waals surface area contributed by atoms with Crippen molar-refractivity contribution in [3.63, 3.8) is 0 Å². The predicted molar refractivity (Wildman–Crippen MR) is 107 cm³/mol. The first-order valence-electron chi connectivity index (χ1n) is 9.79. The van der Waals surface area contributed by atoms with Crippen molar-refractivity contribution in [3.8, 4) is 5.75 Å². The van der Waals surface area contributed by atoms with Gasteiger partial charge in [-0.05, 0) is 24.1 Å². The molecule has 0 atom stereocenters. The second-order valence-electron chi connectivity index (χ2n) is 8.09. The van der Waals surface area contributed by atoms with Gasteiger partial charge in [-0.3, -0.25) is 14.5 Å². The number of benzene rings is 1. The maximum atomic E-state index is 12.3. The monoisotopic (exact) mass is 375 g/mol. The van der Waals surface area contributed by atoms with E-state index in [0.29, 0.717) is 32.8 Å². The first-order valence-corrected chi connectivity index (χ1v) is 9.79. The highest BCUT2D eigenvalue weighted by Crippen LogP contribution is 2.18. The van der Waals surface area contributed by atoms with Crippen molar-refractivity contribution in [1.82, 2.24) is 15.1 Å². The molecule has 0 aliphatic carbocycles. The Morgan fingerprint density at radius 3 is 2.48 bits per heavy atom. The molecule has 0 radical (unpaired) electrons. The molecule has 2 rings (SSSR count). The van der Waals surface area contributed by atoms with E-state index in [-0.39, 0.29) is 17.2 Å². The largest absolute Gasteiger partial charge is 0.494 e. The highest BCUT2D eigenvalue weighted by Gasteiger charge is 2.29. The summed E-state index contributed by atoms with van der Waals surface area (Å²) < 4.78 is 5.62. The summed E-state index contributed by atoms with van der Waals surface area (Å²) in [7, 11) is 0. The fourth-order valence-corrected chi connectivity index (χ4v) is 3.01. The summed E-state index contributed by atoms with van der Waals surface area (Å²) in [6.45, 7) is 12.3. The maximum absolute atomic E-state index is 12.3. The van der Waals surface area contributed by atoms with E-state index in [1.165, 1.54) is 0 Å². The summed E-state index contributed by atoms with van der Waals surface area (Å²) in [5.41, 5.74) is 0.673. The van der Waals surface area contributed by atoms with Crippen LogP contribution in [0.2, 0.25) is 0 Å². The van der Waals surface area contributed by atoms with Crippen LogP contribution in [0.5, 0.6) is 5.75 Å². The average Bonchev–Trinajstić information content (AvgIpc) is 2.64. The molecule has 1 heterocycles. The standard InChI is InChI=1S/C21H33N3O3/c1-5-13-27-18-8-6-7-17(14-18)15-22-19(25)16-23-9-11-24(12-10-23)20(26)21(2,3)4/h6-8,14H,5,9-13,15-16H2,1-4H3,(H,22,25). The van der Waals surface area contributed by atoms with Crippen molar-refractivity contribution in [2.24, 2.45) is 5.41 Å². The Morgan fingerprint density at radius 1 is 1.15 bits per heavy atom. The second kappa shape index (κ2) is 9.74. The third kappa shape index (κ3) is 6.86. The van der Waals surface area contributed by atoms with Crippen LogP contribution < -0.4 is 10.1 Å². The zero-order valence-corrected chi connectivity index (χ0v) is 17.1. The lowest BCUT2D eigenvalue weighted by Crippen LogP contribution is -2.53. The number of carbonyl (C=O) groups excluding carboxylic acids is 2. The van der Waals surface area contributed by atoms with Gasteiger partial charge < -0.3 is 15.0 Å².